The zero-order valence-electron chi connectivity index (χ0n) is 13.6. The van der Waals surface area contributed by atoms with Crippen LogP contribution in [0.15, 0.2) is 0 Å². The predicted molar refractivity (Wildman–Crippen MR) is 82.1 cm³/mol. The normalized spacial score (nSPS) is 23.8. The lowest BCUT2D eigenvalue weighted by molar-refractivity contribution is -0.144. The van der Waals surface area contributed by atoms with Crippen LogP contribution in [-0.4, -0.2) is 60.6 Å². The lowest BCUT2D eigenvalue weighted by atomic mass is 9.92. The molecule has 0 bridgehead atoms. The second-order valence-corrected chi connectivity index (χ2v) is 7.15. The molecule has 2 unspecified atom stereocenters. The average molecular weight is 299 g/mol. The van der Waals surface area contributed by atoms with Crippen LogP contribution in [0.2, 0.25) is 0 Å². The molecule has 122 valence electrons. The number of carboxylic acid groups (broad SMARTS) is 1. The number of rotatable bonds is 6. The minimum Gasteiger partial charge on any atom is -0.481 e. The van der Waals surface area contributed by atoms with E-state index < -0.39 is 5.97 Å². The summed E-state index contributed by atoms with van der Waals surface area (Å²) in [5, 5.41) is 15.5. The zero-order valence-corrected chi connectivity index (χ0v) is 13.6. The molecular weight excluding hydrogens is 270 g/mol. The third kappa shape index (κ3) is 7.43. The molecule has 1 fully saturated rings. The predicted octanol–water partition coefficient (Wildman–Crippen LogP) is 0.533. The first-order valence-electron chi connectivity index (χ1n) is 7.60. The molecule has 21 heavy (non-hydrogen) atoms. The highest BCUT2D eigenvalue weighted by atomic mass is 16.4. The number of hydrogen-bond acceptors (Lipinski definition) is 4. The van der Waals surface area contributed by atoms with Crippen molar-refractivity contribution in [2.75, 3.05) is 32.7 Å². The number of amides is 1. The van der Waals surface area contributed by atoms with E-state index in [0.717, 1.165) is 13.1 Å². The van der Waals surface area contributed by atoms with Crippen LogP contribution < -0.4 is 10.6 Å². The van der Waals surface area contributed by atoms with Gasteiger partial charge in [-0.1, -0.05) is 20.8 Å². The maximum atomic E-state index is 11.3. The maximum absolute atomic E-state index is 11.3. The van der Waals surface area contributed by atoms with Gasteiger partial charge in [0.05, 0.1) is 5.92 Å². The maximum Gasteiger partial charge on any atom is 0.307 e. The Morgan fingerprint density at radius 3 is 2.48 bits per heavy atom. The summed E-state index contributed by atoms with van der Waals surface area (Å²) in [7, 11) is 0. The Morgan fingerprint density at radius 2 is 1.95 bits per heavy atom. The lowest BCUT2D eigenvalue weighted by Crippen LogP contribution is -2.53. The smallest absolute Gasteiger partial charge is 0.307 e. The molecule has 3 N–H and O–H groups in total. The molecule has 1 aliphatic heterocycles. The van der Waals surface area contributed by atoms with Gasteiger partial charge in [0.1, 0.15) is 0 Å². The third-order valence-corrected chi connectivity index (χ3v) is 3.60. The van der Waals surface area contributed by atoms with Gasteiger partial charge in [0.25, 0.3) is 0 Å². The Bertz CT molecular complexity index is 366. The summed E-state index contributed by atoms with van der Waals surface area (Å²) < 4.78 is 0. The molecule has 0 spiro atoms. The number of carboxylic acids is 1. The summed E-state index contributed by atoms with van der Waals surface area (Å²) in [5.74, 6) is -1.13. The van der Waals surface area contributed by atoms with E-state index in [1.54, 1.807) is 0 Å². The van der Waals surface area contributed by atoms with Gasteiger partial charge in [0, 0.05) is 45.7 Å². The van der Waals surface area contributed by atoms with E-state index in [2.05, 4.69) is 36.3 Å². The minimum absolute atomic E-state index is 0.0517. The lowest BCUT2D eigenvalue weighted by Gasteiger charge is -2.37. The number of carbonyl (C=O) groups is 2. The number of aliphatic carboxylic acids is 1. The standard InChI is InChI=1S/C15H29N3O3/c1-11(19)16-5-6-18-8-12(14(20)21)7-13(9-18)17-10-15(2,3)4/h12-13,17H,5-10H2,1-4H3,(H,16,19)(H,20,21). The SMILES string of the molecule is CC(=O)NCCN1CC(NCC(C)(C)C)CC(C(=O)O)C1. The summed E-state index contributed by atoms with van der Waals surface area (Å²) in [4.78, 5) is 24.3. The first-order valence-corrected chi connectivity index (χ1v) is 7.60. The fraction of sp³-hybridized carbons (Fsp3) is 0.867. The molecule has 6 nitrogen and oxygen atoms in total. The van der Waals surface area contributed by atoms with Gasteiger partial charge in [-0.3, -0.25) is 14.5 Å². The van der Waals surface area contributed by atoms with Crippen molar-refractivity contribution in [3.63, 3.8) is 0 Å². The highest BCUT2D eigenvalue weighted by Crippen LogP contribution is 2.19. The molecule has 0 aliphatic carbocycles. The second-order valence-electron chi connectivity index (χ2n) is 7.15. The summed E-state index contributed by atoms with van der Waals surface area (Å²) >= 11 is 0. The van der Waals surface area contributed by atoms with Gasteiger partial charge in [0.2, 0.25) is 5.91 Å². The van der Waals surface area contributed by atoms with Crippen molar-refractivity contribution >= 4 is 11.9 Å². The van der Waals surface area contributed by atoms with E-state index in [-0.39, 0.29) is 23.3 Å². The van der Waals surface area contributed by atoms with Gasteiger partial charge in [-0.15, -0.1) is 0 Å². The average Bonchev–Trinajstić information content (AvgIpc) is 2.35. The Morgan fingerprint density at radius 1 is 1.29 bits per heavy atom. The van der Waals surface area contributed by atoms with Crippen LogP contribution in [0.1, 0.15) is 34.1 Å². The fourth-order valence-corrected chi connectivity index (χ4v) is 2.54. The van der Waals surface area contributed by atoms with Gasteiger partial charge in [-0.25, -0.2) is 0 Å². The van der Waals surface area contributed by atoms with Crippen LogP contribution in [0.25, 0.3) is 0 Å². The molecule has 6 heteroatoms. The molecule has 0 radical (unpaired) electrons. The fourth-order valence-electron chi connectivity index (χ4n) is 2.54. The van der Waals surface area contributed by atoms with E-state index >= 15 is 0 Å². The van der Waals surface area contributed by atoms with Crippen LogP contribution in [0.5, 0.6) is 0 Å². The summed E-state index contributed by atoms with van der Waals surface area (Å²) in [6.45, 7) is 11.5. The molecule has 0 saturated carbocycles. The van der Waals surface area contributed by atoms with E-state index in [9.17, 15) is 14.7 Å². The van der Waals surface area contributed by atoms with Crippen molar-refractivity contribution in [3.8, 4) is 0 Å². The van der Waals surface area contributed by atoms with Gasteiger partial charge in [-0.2, -0.15) is 0 Å². The molecule has 0 aromatic rings. The van der Waals surface area contributed by atoms with E-state index in [0.29, 0.717) is 26.1 Å². The highest BCUT2D eigenvalue weighted by Gasteiger charge is 2.31. The Hall–Kier alpha value is -1.14. The van der Waals surface area contributed by atoms with Crippen LogP contribution in [0, 0.1) is 11.3 Å². The van der Waals surface area contributed by atoms with Crippen LogP contribution in [-0.2, 0) is 9.59 Å². The summed E-state index contributed by atoms with van der Waals surface area (Å²) in [6, 6.07) is 0.191. The third-order valence-electron chi connectivity index (χ3n) is 3.60. The Labute approximate surface area is 127 Å². The minimum atomic E-state index is -0.734. The van der Waals surface area contributed by atoms with Gasteiger partial charge in [-0.05, 0) is 11.8 Å². The molecule has 2 atom stereocenters. The molecule has 1 heterocycles. The zero-order chi connectivity index (χ0) is 16.0. The van der Waals surface area contributed by atoms with Crippen molar-refractivity contribution in [3.05, 3.63) is 0 Å². The van der Waals surface area contributed by atoms with E-state index in [1.165, 1.54) is 6.92 Å². The van der Waals surface area contributed by atoms with E-state index in [4.69, 9.17) is 0 Å². The number of carbonyl (C=O) groups excluding carboxylic acids is 1. The van der Waals surface area contributed by atoms with Crippen molar-refractivity contribution in [2.45, 2.75) is 40.2 Å². The van der Waals surface area contributed by atoms with Crippen molar-refractivity contribution < 1.29 is 14.7 Å². The highest BCUT2D eigenvalue weighted by molar-refractivity contribution is 5.72. The van der Waals surface area contributed by atoms with Crippen molar-refractivity contribution in [1.82, 2.24) is 15.5 Å². The van der Waals surface area contributed by atoms with Crippen LogP contribution in [0.4, 0.5) is 0 Å². The molecule has 1 rings (SSSR count). The molecular formula is C15H29N3O3. The quantitative estimate of drug-likeness (QED) is 0.667. The molecule has 0 aromatic carbocycles. The largest absolute Gasteiger partial charge is 0.481 e. The van der Waals surface area contributed by atoms with Crippen molar-refractivity contribution in [1.29, 1.82) is 0 Å². The summed E-state index contributed by atoms with van der Waals surface area (Å²) in [5.41, 5.74) is 0.178. The van der Waals surface area contributed by atoms with Gasteiger partial charge < -0.3 is 15.7 Å². The first kappa shape index (κ1) is 17.9. The second kappa shape index (κ2) is 7.75. The number of nitrogens with one attached hydrogen (secondary N) is 2. The number of likely N-dealkylation sites (tertiary alicyclic amines) is 1. The topological polar surface area (TPSA) is 81.7 Å². The van der Waals surface area contributed by atoms with E-state index in [1.807, 2.05) is 0 Å². The first-order chi connectivity index (χ1) is 9.67. The Balaban J connectivity index is 2.51. The number of hydrogen-bond donors (Lipinski definition) is 3. The van der Waals surface area contributed by atoms with Crippen LogP contribution >= 0.6 is 0 Å². The van der Waals surface area contributed by atoms with Gasteiger partial charge >= 0.3 is 5.97 Å². The Kier molecular flexibility index (Phi) is 6.61. The van der Waals surface area contributed by atoms with Crippen molar-refractivity contribution in [2.24, 2.45) is 11.3 Å². The molecule has 1 saturated heterocycles. The number of nitrogens with zero attached hydrogens (tertiary/aromatic N) is 1. The number of piperidine rings is 1. The molecule has 1 amide bonds. The monoisotopic (exact) mass is 299 g/mol. The van der Waals surface area contributed by atoms with Gasteiger partial charge in [0.15, 0.2) is 0 Å². The summed E-state index contributed by atoms with van der Waals surface area (Å²) in [6.07, 6.45) is 0.669. The molecule has 1 aliphatic rings. The molecule has 0 aromatic heterocycles. The van der Waals surface area contributed by atoms with Crippen LogP contribution in [0.3, 0.4) is 0 Å².